The van der Waals surface area contributed by atoms with Crippen LogP contribution >= 0.6 is 23.1 Å². The van der Waals surface area contributed by atoms with Crippen molar-refractivity contribution in [2.45, 2.75) is 77.3 Å². The summed E-state index contributed by atoms with van der Waals surface area (Å²) in [5.74, 6) is 0.392. The van der Waals surface area contributed by atoms with Crippen LogP contribution in [-0.4, -0.2) is 37.6 Å². The van der Waals surface area contributed by atoms with Crippen molar-refractivity contribution in [2.24, 2.45) is 11.8 Å². The van der Waals surface area contributed by atoms with E-state index in [9.17, 15) is 5.11 Å². The molecule has 2 aliphatic carbocycles. The van der Waals surface area contributed by atoms with Gasteiger partial charge < -0.3 is 5.11 Å². The van der Waals surface area contributed by atoms with Crippen LogP contribution in [0.2, 0.25) is 0 Å². The molecular formula is C25H36N4O2S2. The summed E-state index contributed by atoms with van der Waals surface area (Å²) in [5, 5.41) is 17.3. The second kappa shape index (κ2) is 9.30. The van der Waals surface area contributed by atoms with Crippen LogP contribution in [0.4, 0.5) is 0 Å². The number of fused-ring (bicyclic) bond motifs is 1. The number of hydrogen-bond donors (Lipinski definition) is 2. The summed E-state index contributed by atoms with van der Waals surface area (Å²) in [4.78, 5) is 12.6. The van der Waals surface area contributed by atoms with Gasteiger partial charge in [-0.05, 0) is 49.7 Å². The average Bonchev–Trinajstić information content (AvgIpc) is 3.41. The van der Waals surface area contributed by atoms with Crippen molar-refractivity contribution in [3.8, 4) is 0 Å². The predicted octanol–water partition coefficient (Wildman–Crippen LogP) is 5.63. The maximum atomic E-state index is 11.6. The molecule has 8 heteroatoms. The summed E-state index contributed by atoms with van der Waals surface area (Å²) in [7, 11) is 1.79. The maximum Gasteiger partial charge on any atom is 0.213 e. The van der Waals surface area contributed by atoms with E-state index in [0.717, 1.165) is 51.1 Å². The van der Waals surface area contributed by atoms with Gasteiger partial charge in [-0.1, -0.05) is 64.2 Å². The van der Waals surface area contributed by atoms with Gasteiger partial charge in [0.2, 0.25) is 4.96 Å². The SMILES string of the molecule is CNOC1/C=C\CC=C(c2c(C)nc3sc(C(O)(C(C)C)C4CC4)nn23)C=C1SC(C)(C)C. The zero-order valence-corrected chi connectivity index (χ0v) is 22.3. The third-order valence-electron chi connectivity index (χ3n) is 6.11. The molecule has 2 aromatic rings. The van der Waals surface area contributed by atoms with Crippen LogP contribution in [0.25, 0.3) is 10.5 Å². The Bertz CT molecular complexity index is 1100. The zero-order chi connectivity index (χ0) is 24.0. The summed E-state index contributed by atoms with van der Waals surface area (Å²) >= 11 is 3.32. The molecule has 0 radical (unpaired) electrons. The van der Waals surface area contributed by atoms with Crippen LogP contribution in [0.5, 0.6) is 0 Å². The highest BCUT2D eigenvalue weighted by Gasteiger charge is 2.50. The Hall–Kier alpha value is -1.45. The number of nitrogens with one attached hydrogen (secondary N) is 1. The van der Waals surface area contributed by atoms with E-state index in [1.165, 1.54) is 11.3 Å². The van der Waals surface area contributed by atoms with Crippen LogP contribution in [-0.2, 0) is 10.4 Å². The van der Waals surface area contributed by atoms with E-state index in [0.29, 0.717) is 0 Å². The molecule has 0 saturated heterocycles. The molecule has 1 saturated carbocycles. The molecule has 0 spiro atoms. The van der Waals surface area contributed by atoms with Crippen LogP contribution in [0.1, 0.15) is 70.3 Å². The molecule has 2 unspecified atom stereocenters. The molecule has 2 N–H and O–H groups in total. The van der Waals surface area contributed by atoms with E-state index in [1.807, 2.05) is 11.4 Å². The van der Waals surface area contributed by atoms with Crippen LogP contribution in [0.3, 0.4) is 0 Å². The van der Waals surface area contributed by atoms with Gasteiger partial charge in [-0.3, -0.25) is 4.84 Å². The molecule has 2 aliphatic rings. The monoisotopic (exact) mass is 488 g/mol. The van der Waals surface area contributed by atoms with Crippen LogP contribution < -0.4 is 5.48 Å². The van der Waals surface area contributed by atoms with E-state index in [1.54, 1.807) is 18.8 Å². The zero-order valence-electron chi connectivity index (χ0n) is 20.7. The summed E-state index contributed by atoms with van der Waals surface area (Å²) in [6.07, 6.45) is 11.4. The minimum absolute atomic E-state index is 0.0347. The van der Waals surface area contributed by atoms with Crippen LogP contribution in [0, 0.1) is 18.8 Å². The lowest BCUT2D eigenvalue weighted by Gasteiger charge is -2.29. The Labute approximate surface area is 205 Å². The van der Waals surface area contributed by atoms with Crippen molar-refractivity contribution in [1.82, 2.24) is 20.1 Å². The third-order valence-corrected chi connectivity index (χ3v) is 8.35. The number of aliphatic hydroxyl groups is 1. The Morgan fingerprint density at radius 2 is 2.03 bits per heavy atom. The van der Waals surface area contributed by atoms with Gasteiger partial charge in [-0.15, -0.1) is 11.8 Å². The Balaban J connectivity index is 1.81. The van der Waals surface area contributed by atoms with Gasteiger partial charge >= 0.3 is 0 Å². The first-order chi connectivity index (χ1) is 15.5. The summed E-state index contributed by atoms with van der Waals surface area (Å²) in [6, 6.07) is 0. The molecule has 0 bridgehead atoms. The van der Waals surface area contributed by atoms with E-state index >= 15 is 0 Å². The molecule has 1 fully saturated rings. The number of thioether (sulfide) groups is 1. The number of aromatic nitrogens is 3. The largest absolute Gasteiger partial charge is 0.382 e. The Kier molecular flexibility index (Phi) is 6.95. The highest BCUT2D eigenvalue weighted by Crippen LogP contribution is 2.51. The maximum absolute atomic E-state index is 11.6. The number of hydrogen-bond acceptors (Lipinski definition) is 7. The van der Waals surface area contributed by atoms with Gasteiger partial charge in [-0.2, -0.15) is 5.10 Å². The first kappa shape index (κ1) is 24.7. The Morgan fingerprint density at radius 3 is 2.64 bits per heavy atom. The molecule has 0 aromatic carbocycles. The first-order valence-corrected chi connectivity index (χ1v) is 13.4. The van der Waals surface area contributed by atoms with E-state index in [4.69, 9.17) is 14.9 Å². The van der Waals surface area contributed by atoms with Crippen molar-refractivity contribution in [1.29, 1.82) is 0 Å². The Morgan fingerprint density at radius 1 is 1.30 bits per heavy atom. The minimum atomic E-state index is -0.886. The normalized spacial score (nSPS) is 22.6. The number of allylic oxidation sites excluding steroid dienone is 4. The van der Waals surface area contributed by atoms with Gasteiger partial charge in [0.15, 0.2) is 0 Å². The van der Waals surface area contributed by atoms with Crippen molar-refractivity contribution in [3.05, 3.63) is 45.6 Å². The number of rotatable bonds is 7. The summed E-state index contributed by atoms with van der Waals surface area (Å²) in [5.41, 5.74) is 4.98. The van der Waals surface area contributed by atoms with Crippen molar-refractivity contribution >= 4 is 33.6 Å². The summed E-state index contributed by atoms with van der Waals surface area (Å²) < 4.78 is 1.97. The first-order valence-electron chi connectivity index (χ1n) is 11.7. The highest BCUT2D eigenvalue weighted by atomic mass is 32.2. The predicted molar refractivity (Wildman–Crippen MR) is 138 cm³/mol. The van der Waals surface area contributed by atoms with Crippen molar-refractivity contribution in [2.75, 3.05) is 7.05 Å². The summed E-state index contributed by atoms with van der Waals surface area (Å²) in [6.45, 7) is 12.8. The fourth-order valence-corrected chi connectivity index (χ4v) is 6.77. The lowest BCUT2D eigenvalue weighted by molar-refractivity contribution is -0.0331. The molecule has 2 heterocycles. The molecule has 0 aliphatic heterocycles. The van der Waals surface area contributed by atoms with Crippen molar-refractivity contribution in [3.63, 3.8) is 0 Å². The lowest BCUT2D eigenvalue weighted by atomic mass is 9.86. The van der Waals surface area contributed by atoms with Gasteiger partial charge in [0.1, 0.15) is 16.7 Å². The topological polar surface area (TPSA) is 71.7 Å². The molecule has 2 aromatic heterocycles. The number of nitrogens with zero attached hydrogens (tertiary/aromatic N) is 3. The van der Waals surface area contributed by atoms with E-state index in [2.05, 4.69) is 64.4 Å². The van der Waals surface area contributed by atoms with E-state index in [-0.39, 0.29) is 22.7 Å². The quantitative estimate of drug-likeness (QED) is 0.389. The number of imidazole rings is 1. The highest BCUT2D eigenvalue weighted by molar-refractivity contribution is 8.04. The third kappa shape index (κ3) is 5.00. The van der Waals surface area contributed by atoms with Gasteiger partial charge in [0, 0.05) is 16.7 Å². The molecule has 33 heavy (non-hydrogen) atoms. The molecular weight excluding hydrogens is 452 g/mol. The molecule has 0 amide bonds. The fourth-order valence-electron chi connectivity index (χ4n) is 4.38. The lowest BCUT2D eigenvalue weighted by Crippen LogP contribution is -2.34. The molecule has 4 rings (SSSR count). The van der Waals surface area contributed by atoms with Gasteiger partial charge in [-0.25, -0.2) is 15.0 Å². The smallest absolute Gasteiger partial charge is 0.213 e. The number of hydroxylamine groups is 1. The number of aryl methyl sites for hydroxylation is 1. The molecule has 6 nitrogen and oxygen atoms in total. The standard InChI is InChI=1S/C25H36N4O2S2/c1-15(2)25(30,18-12-13-18)22-28-29-21(16(3)27-23(29)32-22)17-10-8-9-11-19(31-26-7)20(14-17)33-24(4,5)6/h9-11,14-15,18-19,26,30H,8,12-13H2,1-7H3/b11-9-,17-10?,20-14?. The fraction of sp³-hybridized carbons (Fsp3) is 0.600. The second-order valence-corrected chi connectivity index (χ2v) is 13.1. The van der Waals surface area contributed by atoms with Gasteiger partial charge in [0.05, 0.1) is 11.4 Å². The van der Waals surface area contributed by atoms with Crippen LogP contribution in [0.15, 0.2) is 29.2 Å². The molecule has 2 atom stereocenters. The van der Waals surface area contributed by atoms with Crippen molar-refractivity contribution < 1.29 is 9.94 Å². The van der Waals surface area contributed by atoms with E-state index < -0.39 is 5.60 Å². The molecule has 180 valence electrons. The minimum Gasteiger partial charge on any atom is -0.382 e. The second-order valence-electron chi connectivity index (χ2n) is 10.2. The van der Waals surface area contributed by atoms with Gasteiger partial charge in [0.25, 0.3) is 0 Å². The average molecular weight is 489 g/mol.